The predicted octanol–water partition coefficient (Wildman–Crippen LogP) is 0.000900. The van der Waals surface area contributed by atoms with Crippen molar-refractivity contribution in [1.82, 2.24) is 25.9 Å². The quantitative estimate of drug-likeness (QED) is 0.680. The third-order valence-corrected chi connectivity index (χ3v) is 2.58. The maximum Gasteiger partial charge on any atom is 0.251 e. The normalized spacial score (nSPS) is 11.3. The zero-order valence-corrected chi connectivity index (χ0v) is 10.9. The number of H-pyrrole nitrogens is 1. The van der Waals surface area contributed by atoms with E-state index in [9.17, 15) is 4.79 Å². The summed E-state index contributed by atoms with van der Waals surface area (Å²) in [5.41, 5.74) is 6.66. The average molecular weight is 270 g/mol. The second-order valence-electron chi connectivity index (χ2n) is 4.05. The number of hydrogen-bond acceptors (Lipinski definition) is 5. The number of hydrogen-bond donors (Lipinski definition) is 3. The van der Waals surface area contributed by atoms with Crippen molar-refractivity contribution < 1.29 is 4.79 Å². The van der Waals surface area contributed by atoms with Crippen molar-refractivity contribution in [2.24, 2.45) is 5.73 Å². The molecule has 20 heavy (non-hydrogen) atoms. The van der Waals surface area contributed by atoms with Crippen LogP contribution in [0, 0.1) is 11.8 Å². The second kappa shape index (κ2) is 6.45. The Morgan fingerprint density at radius 2 is 2.20 bits per heavy atom. The lowest BCUT2D eigenvalue weighted by molar-refractivity contribution is 0.0938. The Morgan fingerprint density at radius 3 is 2.80 bits per heavy atom. The van der Waals surface area contributed by atoms with Crippen LogP contribution in [0.15, 0.2) is 24.3 Å². The topological polar surface area (TPSA) is 110 Å². The van der Waals surface area contributed by atoms with Crippen LogP contribution < -0.4 is 11.1 Å². The molecule has 0 radical (unpaired) electrons. The first-order chi connectivity index (χ1) is 9.70. The predicted molar refractivity (Wildman–Crippen MR) is 72.4 cm³/mol. The number of carbonyl (C=O) groups is 1. The van der Waals surface area contributed by atoms with Crippen LogP contribution in [0.1, 0.15) is 34.7 Å². The van der Waals surface area contributed by atoms with Crippen LogP contribution in [0.5, 0.6) is 0 Å². The lowest BCUT2D eigenvalue weighted by Gasteiger charge is -2.09. The molecule has 0 spiro atoms. The van der Waals surface area contributed by atoms with Crippen LogP contribution in [0.3, 0.4) is 0 Å². The molecule has 0 aliphatic heterocycles. The van der Waals surface area contributed by atoms with Crippen molar-refractivity contribution in [2.75, 3.05) is 6.54 Å². The molecule has 0 aliphatic rings. The first-order valence-corrected chi connectivity index (χ1v) is 6.04. The van der Waals surface area contributed by atoms with Crippen LogP contribution in [0.25, 0.3) is 0 Å². The van der Waals surface area contributed by atoms with Gasteiger partial charge in [0.05, 0.1) is 12.6 Å². The fourth-order valence-electron chi connectivity index (χ4n) is 1.56. The van der Waals surface area contributed by atoms with Gasteiger partial charge in [0.1, 0.15) is 0 Å². The molecular formula is C13H14N6O. The van der Waals surface area contributed by atoms with Crippen molar-refractivity contribution >= 4 is 5.91 Å². The van der Waals surface area contributed by atoms with Gasteiger partial charge in [-0.05, 0) is 31.2 Å². The Morgan fingerprint density at radius 1 is 1.45 bits per heavy atom. The van der Waals surface area contributed by atoms with Crippen LogP contribution in [-0.4, -0.2) is 33.1 Å². The first kappa shape index (κ1) is 13.7. The third kappa shape index (κ3) is 3.40. The van der Waals surface area contributed by atoms with Gasteiger partial charge in [-0.25, -0.2) is 0 Å². The summed E-state index contributed by atoms with van der Waals surface area (Å²) >= 11 is 0. The number of tetrazole rings is 1. The number of amides is 1. The molecule has 7 nitrogen and oxygen atoms in total. The molecule has 1 heterocycles. The fourth-order valence-corrected chi connectivity index (χ4v) is 1.56. The summed E-state index contributed by atoms with van der Waals surface area (Å²) in [6, 6.07) is 6.64. The van der Waals surface area contributed by atoms with E-state index < -0.39 is 0 Å². The van der Waals surface area contributed by atoms with Crippen LogP contribution in [-0.2, 0) is 0 Å². The van der Waals surface area contributed by atoms with Crippen molar-refractivity contribution in [1.29, 1.82) is 0 Å². The van der Waals surface area contributed by atoms with Gasteiger partial charge in [-0.15, -0.1) is 10.2 Å². The number of nitrogens with two attached hydrogens (primary N) is 1. The number of aromatic amines is 1. The summed E-state index contributed by atoms with van der Waals surface area (Å²) in [5.74, 6) is 5.88. The number of nitrogens with zero attached hydrogens (tertiary/aromatic N) is 3. The molecule has 7 heteroatoms. The highest BCUT2D eigenvalue weighted by Gasteiger charge is 2.14. The molecule has 1 aromatic heterocycles. The van der Waals surface area contributed by atoms with E-state index in [0.717, 1.165) is 5.56 Å². The molecule has 1 amide bonds. The van der Waals surface area contributed by atoms with Crippen molar-refractivity contribution in [2.45, 2.75) is 13.0 Å². The van der Waals surface area contributed by atoms with Gasteiger partial charge in [0, 0.05) is 11.1 Å². The minimum atomic E-state index is -0.321. The molecule has 4 N–H and O–H groups in total. The summed E-state index contributed by atoms with van der Waals surface area (Å²) in [5, 5.41) is 16.2. The minimum Gasteiger partial charge on any atom is -0.342 e. The molecule has 2 aromatic rings. The Hall–Kier alpha value is -2.72. The highest BCUT2D eigenvalue weighted by atomic mass is 16.1. The number of benzene rings is 1. The zero-order valence-electron chi connectivity index (χ0n) is 10.9. The van der Waals surface area contributed by atoms with Crippen LogP contribution in [0.2, 0.25) is 0 Å². The van der Waals surface area contributed by atoms with Gasteiger partial charge in [-0.1, -0.05) is 17.1 Å². The van der Waals surface area contributed by atoms with Gasteiger partial charge < -0.3 is 11.1 Å². The lowest BCUT2D eigenvalue weighted by atomic mass is 10.1. The molecule has 0 saturated heterocycles. The van der Waals surface area contributed by atoms with E-state index in [2.05, 4.69) is 37.8 Å². The Balaban J connectivity index is 2.02. The smallest absolute Gasteiger partial charge is 0.251 e. The summed E-state index contributed by atoms with van der Waals surface area (Å²) in [4.78, 5) is 12.0. The monoisotopic (exact) mass is 270 g/mol. The standard InChI is InChI=1S/C13H14N6O/c1-9(12-16-18-19-17-12)15-13(20)11-6-4-10(5-7-11)3-2-8-14/h4-7,9H,8,14H2,1H3,(H,15,20)(H,16,17,18,19). The third-order valence-electron chi connectivity index (χ3n) is 2.58. The van der Waals surface area contributed by atoms with Crippen molar-refractivity contribution in [3.8, 4) is 11.8 Å². The molecule has 0 saturated carbocycles. The number of rotatable bonds is 3. The fraction of sp³-hybridized carbons (Fsp3) is 0.231. The van der Waals surface area contributed by atoms with Gasteiger partial charge >= 0.3 is 0 Å². The number of aromatic nitrogens is 4. The molecule has 1 aromatic carbocycles. The molecule has 1 unspecified atom stereocenters. The maximum absolute atomic E-state index is 12.0. The van der Waals surface area contributed by atoms with Crippen LogP contribution >= 0.6 is 0 Å². The molecule has 0 bridgehead atoms. The number of carbonyl (C=O) groups excluding carboxylic acids is 1. The summed E-state index contributed by atoms with van der Waals surface area (Å²) in [6.45, 7) is 2.09. The maximum atomic E-state index is 12.0. The van der Waals surface area contributed by atoms with Gasteiger partial charge in [-0.2, -0.15) is 5.21 Å². The zero-order chi connectivity index (χ0) is 14.4. The van der Waals surface area contributed by atoms with Gasteiger partial charge in [-0.3, -0.25) is 4.79 Å². The van der Waals surface area contributed by atoms with E-state index in [1.807, 2.05) is 0 Å². The Kier molecular flexibility index (Phi) is 4.42. The van der Waals surface area contributed by atoms with Gasteiger partial charge in [0.15, 0.2) is 5.82 Å². The highest BCUT2D eigenvalue weighted by Crippen LogP contribution is 2.08. The second-order valence-corrected chi connectivity index (χ2v) is 4.05. The molecular weight excluding hydrogens is 256 g/mol. The van der Waals surface area contributed by atoms with E-state index in [0.29, 0.717) is 17.9 Å². The molecule has 2 rings (SSSR count). The Labute approximate surface area is 116 Å². The lowest BCUT2D eigenvalue weighted by Crippen LogP contribution is -2.27. The van der Waals surface area contributed by atoms with Crippen molar-refractivity contribution in [3.05, 3.63) is 41.2 Å². The molecule has 1 atom stereocenters. The largest absolute Gasteiger partial charge is 0.342 e. The van der Waals surface area contributed by atoms with E-state index in [4.69, 9.17) is 5.73 Å². The molecule has 102 valence electrons. The summed E-state index contributed by atoms with van der Waals surface area (Å²) in [7, 11) is 0. The highest BCUT2D eigenvalue weighted by molar-refractivity contribution is 5.94. The molecule has 0 fully saturated rings. The van der Waals surface area contributed by atoms with E-state index in [-0.39, 0.29) is 11.9 Å². The van der Waals surface area contributed by atoms with Gasteiger partial charge in [0.2, 0.25) is 0 Å². The Bertz CT molecular complexity index is 623. The van der Waals surface area contributed by atoms with Gasteiger partial charge in [0.25, 0.3) is 5.91 Å². The SMILES string of the molecule is CC(NC(=O)c1ccc(C#CCN)cc1)c1nn[nH]n1. The minimum absolute atomic E-state index is 0.208. The summed E-state index contributed by atoms with van der Waals surface area (Å²) in [6.07, 6.45) is 0. The summed E-state index contributed by atoms with van der Waals surface area (Å²) < 4.78 is 0. The van der Waals surface area contributed by atoms with E-state index >= 15 is 0 Å². The van der Waals surface area contributed by atoms with Crippen LogP contribution in [0.4, 0.5) is 0 Å². The number of nitrogens with one attached hydrogen (secondary N) is 2. The van der Waals surface area contributed by atoms with E-state index in [1.54, 1.807) is 31.2 Å². The first-order valence-electron chi connectivity index (χ1n) is 6.04. The van der Waals surface area contributed by atoms with E-state index in [1.165, 1.54) is 0 Å². The average Bonchev–Trinajstić information content (AvgIpc) is 3.00. The molecule has 0 aliphatic carbocycles. The van der Waals surface area contributed by atoms with Crippen molar-refractivity contribution in [3.63, 3.8) is 0 Å².